The molecule has 1 N–H and O–H groups in total. The minimum atomic E-state index is -0.448. The van der Waals surface area contributed by atoms with Gasteiger partial charge in [0.2, 0.25) is 0 Å². The van der Waals surface area contributed by atoms with Gasteiger partial charge in [0.1, 0.15) is 0 Å². The smallest absolute Gasteiger partial charge is 0.256 e. The summed E-state index contributed by atoms with van der Waals surface area (Å²) in [6, 6.07) is 15.3. The number of carbonyl (C=O) groups excluding carboxylic acids is 1. The molecule has 1 amide bonds. The minimum absolute atomic E-state index is 0.00992. The predicted octanol–water partition coefficient (Wildman–Crippen LogP) is 6.06. The van der Waals surface area contributed by atoms with Crippen LogP contribution in [0.15, 0.2) is 48.5 Å². The van der Waals surface area contributed by atoms with Gasteiger partial charge in [-0.15, -0.1) is 0 Å². The van der Waals surface area contributed by atoms with Crippen molar-refractivity contribution in [3.05, 3.63) is 75.4 Å². The largest absolute Gasteiger partial charge is 0.391 e. The lowest BCUT2D eigenvalue weighted by atomic mass is 9.89. The van der Waals surface area contributed by atoms with Crippen LogP contribution in [0, 0.1) is 6.92 Å². The molecule has 2 aliphatic rings. The average molecular weight is 469 g/mol. The molecule has 2 heterocycles. The van der Waals surface area contributed by atoms with Crippen molar-refractivity contribution in [2.24, 2.45) is 0 Å². The number of rotatable bonds is 3. The Bertz CT molecular complexity index is 1170. The van der Waals surface area contributed by atoms with Gasteiger partial charge in [0.25, 0.3) is 5.91 Å². The zero-order valence-electron chi connectivity index (χ0n) is 18.0. The van der Waals surface area contributed by atoms with E-state index >= 15 is 0 Å². The Morgan fingerprint density at radius 1 is 1.00 bits per heavy atom. The molecule has 2 aromatic carbocycles. The van der Waals surface area contributed by atoms with E-state index in [2.05, 4.69) is 4.57 Å². The van der Waals surface area contributed by atoms with Crippen LogP contribution in [0.5, 0.6) is 0 Å². The molecule has 0 unspecified atom stereocenters. The molecule has 1 fully saturated rings. The lowest BCUT2D eigenvalue weighted by Crippen LogP contribution is -2.51. The van der Waals surface area contributed by atoms with E-state index in [4.69, 9.17) is 23.2 Å². The number of hydrogen-bond donors (Lipinski definition) is 1. The Hall–Kier alpha value is -2.27. The quantitative estimate of drug-likeness (QED) is 0.507. The van der Waals surface area contributed by atoms with Gasteiger partial charge in [-0.1, -0.05) is 60.3 Å². The molecular weight excluding hydrogens is 443 g/mol. The van der Waals surface area contributed by atoms with Crippen LogP contribution in [0.3, 0.4) is 0 Å². The highest BCUT2D eigenvalue weighted by atomic mass is 35.5. The first-order valence-electron chi connectivity index (χ1n) is 11.2. The van der Waals surface area contributed by atoms with Crippen molar-refractivity contribution in [1.29, 1.82) is 0 Å². The third kappa shape index (κ3) is 3.55. The van der Waals surface area contributed by atoms with Gasteiger partial charge in [0, 0.05) is 23.7 Å². The second-order valence-corrected chi connectivity index (χ2v) is 9.60. The van der Waals surface area contributed by atoms with Crippen molar-refractivity contribution in [2.45, 2.75) is 51.2 Å². The second kappa shape index (κ2) is 8.58. The highest BCUT2D eigenvalue weighted by Crippen LogP contribution is 2.40. The van der Waals surface area contributed by atoms with Gasteiger partial charge in [-0.2, -0.15) is 0 Å². The minimum Gasteiger partial charge on any atom is -0.391 e. The van der Waals surface area contributed by atoms with Gasteiger partial charge in [0.05, 0.1) is 34.1 Å². The van der Waals surface area contributed by atoms with Gasteiger partial charge < -0.3 is 14.6 Å². The molecule has 1 aliphatic carbocycles. The first-order chi connectivity index (χ1) is 15.5. The summed E-state index contributed by atoms with van der Waals surface area (Å²) >= 11 is 12.8. The van der Waals surface area contributed by atoms with E-state index in [9.17, 15) is 9.90 Å². The first kappa shape index (κ1) is 21.6. The van der Waals surface area contributed by atoms with E-state index in [1.54, 1.807) is 0 Å². The molecule has 3 aromatic rings. The summed E-state index contributed by atoms with van der Waals surface area (Å²) in [6.07, 6.45) is 3.95. The normalized spacial score (nSPS) is 21.0. The lowest BCUT2D eigenvalue weighted by molar-refractivity contribution is 0.0160. The Kier molecular flexibility index (Phi) is 5.79. The summed E-state index contributed by atoms with van der Waals surface area (Å²) in [5, 5.41) is 11.9. The van der Waals surface area contributed by atoms with Gasteiger partial charge in [-0.25, -0.2) is 0 Å². The van der Waals surface area contributed by atoms with Crippen molar-refractivity contribution < 1.29 is 9.90 Å². The van der Waals surface area contributed by atoms with Crippen molar-refractivity contribution in [3.63, 3.8) is 0 Å². The maximum atomic E-state index is 13.8. The van der Waals surface area contributed by atoms with Crippen LogP contribution in [0.2, 0.25) is 10.0 Å². The van der Waals surface area contributed by atoms with Crippen molar-refractivity contribution >= 4 is 29.1 Å². The van der Waals surface area contributed by atoms with E-state index in [0.717, 1.165) is 59.4 Å². The Balaban J connectivity index is 1.69. The number of aliphatic hydroxyl groups is 1. The number of fused-ring (bicyclic) bond motifs is 1. The fraction of sp³-hybridized carbons (Fsp3) is 0.346. The Morgan fingerprint density at radius 3 is 2.44 bits per heavy atom. The topological polar surface area (TPSA) is 45.5 Å². The Labute approximate surface area is 198 Å². The predicted molar refractivity (Wildman–Crippen MR) is 129 cm³/mol. The van der Waals surface area contributed by atoms with E-state index in [1.165, 1.54) is 0 Å². The summed E-state index contributed by atoms with van der Waals surface area (Å²) in [6.45, 7) is 2.61. The van der Waals surface area contributed by atoms with Crippen molar-refractivity contribution in [2.75, 3.05) is 6.54 Å². The number of hydrogen-bond acceptors (Lipinski definition) is 2. The van der Waals surface area contributed by atoms with Gasteiger partial charge in [-0.3, -0.25) is 4.79 Å². The molecule has 166 valence electrons. The van der Waals surface area contributed by atoms with Crippen molar-refractivity contribution in [3.8, 4) is 16.9 Å². The summed E-state index contributed by atoms with van der Waals surface area (Å²) in [4.78, 5) is 15.7. The molecule has 1 aliphatic heterocycles. The average Bonchev–Trinajstić information content (AvgIpc) is 3.08. The first-order valence-corrected chi connectivity index (χ1v) is 12.0. The third-order valence-corrected chi connectivity index (χ3v) is 7.45. The molecule has 0 saturated heterocycles. The lowest BCUT2D eigenvalue weighted by Gasteiger charge is -2.40. The molecule has 0 spiro atoms. The number of halogens is 2. The van der Waals surface area contributed by atoms with Gasteiger partial charge in [0.15, 0.2) is 0 Å². The van der Waals surface area contributed by atoms with E-state index in [-0.39, 0.29) is 11.9 Å². The van der Waals surface area contributed by atoms with E-state index < -0.39 is 6.10 Å². The maximum absolute atomic E-state index is 13.8. The molecule has 32 heavy (non-hydrogen) atoms. The number of amides is 1. The zero-order chi connectivity index (χ0) is 22.4. The van der Waals surface area contributed by atoms with Crippen LogP contribution < -0.4 is 0 Å². The summed E-state index contributed by atoms with van der Waals surface area (Å²) in [5.74, 6) is 0.00992. The zero-order valence-corrected chi connectivity index (χ0v) is 19.5. The molecule has 4 nitrogen and oxygen atoms in total. The van der Waals surface area contributed by atoms with Crippen LogP contribution >= 0.6 is 23.2 Å². The summed E-state index contributed by atoms with van der Waals surface area (Å²) in [5.41, 5.74) is 5.45. The summed E-state index contributed by atoms with van der Waals surface area (Å²) in [7, 11) is 0. The molecule has 2 atom stereocenters. The standard InChI is InChI=1S/C26H26Cl2N2O2/c1-16-24-22(14-15-29(26(24)32)21-8-4-5-9-23(21)31)30(20-7-3-2-6-19(20)28)25(16)17-10-12-18(27)13-11-17/h2-3,6-7,10-13,21,23,31H,4-5,8-9,14-15H2,1H3/t21-,23-/m0/s1. The molecule has 5 rings (SSSR count). The molecule has 1 aromatic heterocycles. The fourth-order valence-corrected chi connectivity index (χ4v) is 5.71. The molecular formula is C26H26Cl2N2O2. The molecule has 0 bridgehead atoms. The molecule has 1 saturated carbocycles. The van der Waals surface area contributed by atoms with E-state index in [1.807, 2.05) is 60.4 Å². The third-order valence-electron chi connectivity index (χ3n) is 6.88. The van der Waals surface area contributed by atoms with Gasteiger partial charge >= 0.3 is 0 Å². The highest BCUT2D eigenvalue weighted by Gasteiger charge is 2.39. The number of para-hydroxylation sites is 1. The molecule has 0 radical (unpaired) electrons. The second-order valence-electron chi connectivity index (χ2n) is 8.76. The SMILES string of the molecule is Cc1c2c(n(-c3ccccc3Cl)c1-c1ccc(Cl)cc1)CCN([C@H]1CCCC[C@@H]1O)C2=O. The molecule has 6 heteroatoms. The Morgan fingerprint density at radius 2 is 1.72 bits per heavy atom. The van der Waals surface area contributed by atoms with Crippen LogP contribution in [0.25, 0.3) is 16.9 Å². The van der Waals surface area contributed by atoms with Crippen molar-refractivity contribution in [1.82, 2.24) is 9.47 Å². The number of nitrogens with zero attached hydrogens (tertiary/aromatic N) is 2. The highest BCUT2D eigenvalue weighted by molar-refractivity contribution is 6.32. The van der Waals surface area contributed by atoms with Crippen LogP contribution in [-0.2, 0) is 6.42 Å². The van der Waals surface area contributed by atoms with Crippen LogP contribution in [0.1, 0.15) is 47.3 Å². The number of aromatic nitrogens is 1. The number of benzene rings is 2. The summed E-state index contributed by atoms with van der Waals surface area (Å²) < 4.78 is 2.14. The maximum Gasteiger partial charge on any atom is 0.256 e. The number of aliphatic hydroxyl groups excluding tert-OH is 1. The van der Waals surface area contributed by atoms with Crippen LogP contribution in [0.4, 0.5) is 0 Å². The van der Waals surface area contributed by atoms with E-state index in [0.29, 0.717) is 23.0 Å². The monoisotopic (exact) mass is 468 g/mol. The fourth-order valence-electron chi connectivity index (χ4n) is 5.37. The number of carbonyl (C=O) groups is 1. The van der Waals surface area contributed by atoms with Gasteiger partial charge in [-0.05, 0) is 55.2 Å². The van der Waals surface area contributed by atoms with Crippen LogP contribution in [-0.4, -0.2) is 39.2 Å².